The lowest BCUT2D eigenvalue weighted by molar-refractivity contribution is 0.532. The smallest absolute Gasteiger partial charge is 0.0214 e. The fourth-order valence-corrected chi connectivity index (χ4v) is 4.14. The molecule has 168 valence electrons. The number of nitrogens with one attached hydrogen (secondary N) is 1. The molecule has 1 N–H and O–H groups in total. The quantitative estimate of drug-likeness (QED) is 0.248. The van der Waals surface area contributed by atoms with Gasteiger partial charge in [-0.1, -0.05) is 138 Å². The molecule has 0 heterocycles. The first kappa shape index (κ1) is 26.7. The van der Waals surface area contributed by atoms with Crippen LogP contribution in [0.3, 0.4) is 0 Å². The zero-order valence-corrected chi connectivity index (χ0v) is 20.0. The zero-order valence-electron chi connectivity index (χ0n) is 19.2. The molecule has 2 aromatic carbocycles. The van der Waals surface area contributed by atoms with Crippen LogP contribution in [0.2, 0.25) is 0 Å². The van der Waals surface area contributed by atoms with E-state index in [1.165, 1.54) is 88.2 Å². The third kappa shape index (κ3) is 11.8. The number of hydrogen-bond donors (Lipinski definition) is 1. The predicted molar refractivity (Wildman–Crippen MR) is 136 cm³/mol. The third-order valence-electron chi connectivity index (χ3n) is 5.96. The van der Waals surface area contributed by atoms with Gasteiger partial charge < -0.3 is 5.32 Å². The lowest BCUT2D eigenvalue weighted by atomic mass is 9.91. The van der Waals surface area contributed by atoms with Crippen molar-refractivity contribution in [2.24, 2.45) is 0 Å². The molecule has 0 unspecified atom stereocenters. The van der Waals surface area contributed by atoms with Crippen LogP contribution < -0.4 is 5.32 Å². The number of rotatable bonds is 17. The fourth-order valence-electron chi connectivity index (χ4n) is 4.14. The predicted octanol–water partition coefficient (Wildman–Crippen LogP) is 8.53. The monoisotopic (exact) mass is 429 g/mol. The highest BCUT2D eigenvalue weighted by Gasteiger charge is 2.12. The normalized spacial score (nSPS) is 10.9. The van der Waals surface area contributed by atoms with Crippen molar-refractivity contribution in [3.8, 4) is 0 Å². The Hall–Kier alpha value is -1.31. The minimum atomic E-state index is 0. The van der Waals surface area contributed by atoms with Gasteiger partial charge >= 0.3 is 0 Å². The molecule has 2 rings (SSSR count). The summed E-state index contributed by atoms with van der Waals surface area (Å²) in [6.45, 7) is 4.44. The topological polar surface area (TPSA) is 12.0 Å². The molecule has 0 aliphatic heterocycles. The molecule has 0 amide bonds. The molecule has 0 saturated carbocycles. The highest BCUT2D eigenvalue weighted by Crippen LogP contribution is 2.23. The van der Waals surface area contributed by atoms with E-state index in [2.05, 4.69) is 72.9 Å². The van der Waals surface area contributed by atoms with Crippen molar-refractivity contribution in [1.29, 1.82) is 0 Å². The number of benzene rings is 2. The highest BCUT2D eigenvalue weighted by molar-refractivity contribution is 5.85. The molecule has 30 heavy (non-hydrogen) atoms. The Morgan fingerprint density at radius 3 is 1.40 bits per heavy atom. The maximum atomic E-state index is 3.72. The van der Waals surface area contributed by atoms with Crippen LogP contribution in [0, 0.1) is 0 Å². The van der Waals surface area contributed by atoms with Gasteiger partial charge in [0.05, 0.1) is 0 Å². The summed E-state index contributed by atoms with van der Waals surface area (Å²) in [5.41, 5.74) is 2.81. The van der Waals surface area contributed by atoms with Gasteiger partial charge in [0.15, 0.2) is 0 Å². The summed E-state index contributed by atoms with van der Waals surface area (Å²) in [6, 6.07) is 21.8. The maximum Gasteiger partial charge on any atom is 0.0214 e. The largest absolute Gasteiger partial charge is 0.316 e. The fraction of sp³-hybridized carbons (Fsp3) is 0.571. The Labute approximate surface area is 192 Å². The zero-order chi connectivity index (χ0) is 20.4. The van der Waals surface area contributed by atoms with Crippen molar-refractivity contribution in [1.82, 2.24) is 5.32 Å². The number of hydrogen-bond acceptors (Lipinski definition) is 1. The van der Waals surface area contributed by atoms with Crippen molar-refractivity contribution >= 4 is 12.4 Å². The van der Waals surface area contributed by atoms with E-state index >= 15 is 0 Å². The van der Waals surface area contributed by atoms with Crippen LogP contribution in [0.15, 0.2) is 60.7 Å². The van der Waals surface area contributed by atoms with Crippen molar-refractivity contribution < 1.29 is 0 Å². The lowest BCUT2D eigenvalue weighted by Gasteiger charge is -2.19. The summed E-state index contributed by atoms with van der Waals surface area (Å²) in [5, 5.41) is 3.72. The summed E-state index contributed by atoms with van der Waals surface area (Å²) in [6.07, 6.45) is 16.9. The summed E-state index contributed by atoms with van der Waals surface area (Å²) in [4.78, 5) is 0. The second kappa shape index (κ2) is 18.5. The Morgan fingerprint density at radius 1 is 0.567 bits per heavy atom. The Bertz CT molecular complexity index is 559. The molecule has 0 saturated heterocycles. The average Bonchev–Trinajstić information content (AvgIpc) is 2.78. The molecule has 0 atom stereocenters. The van der Waals surface area contributed by atoms with E-state index in [-0.39, 0.29) is 12.4 Å². The second-order valence-corrected chi connectivity index (χ2v) is 8.47. The molecule has 1 nitrogen and oxygen atoms in total. The van der Waals surface area contributed by atoms with Crippen LogP contribution >= 0.6 is 12.4 Å². The molecule has 2 heteroatoms. The Kier molecular flexibility index (Phi) is 16.4. The SMILES string of the molecule is CCCCCCCCCCCCCCNCC(c1ccccc1)c1ccccc1.Cl. The van der Waals surface area contributed by atoms with Gasteiger partial charge in [0.2, 0.25) is 0 Å². The van der Waals surface area contributed by atoms with E-state index in [4.69, 9.17) is 0 Å². The number of unbranched alkanes of at least 4 members (excludes halogenated alkanes) is 11. The van der Waals surface area contributed by atoms with Crippen molar-refractivity contribution in [2.75, 3.05) is 13.1 Å². The maximum absolute atomic E-state index is 3.72. The van der Waals surface area contributed by atoms with Gasteiger partial charge in [-0.25, -0.2) is 0 Å². The van der Waals surface area contributed by atoms with Gasteiger partial charge in [-0.15, -0.1) is 12.4 Å². The van der Waals surface area contributed by atoms with Crippen LogP contribution in [0.25, 0.3) is 0 Å². The van der Waals surface area contributed by atoms with Crippen molar-refractivity contribution in [3.05, 3.63) is 71.8 Å². The average molecular weight is 430 g/mol. The first-order valence-corrected chi connectivity index (χ1v) is 12.2. The molecule has 0 spiro atoms. The molecule has 0 aliphatic carbocycles. The van der Waals surface area contributed by atoms with Gasteiger partial charge in [0.1, 0.15) is 0 Å². The summed E-state index contributed by atoms with van der Waals surface area (Å²) < 4.78 is 0. The number of halogens is 1. The van der Waals surface area contributed by atoms with Crippen LogP contribution in [-0.2, 0) is 0 Å². The van der Waals surface area contributed by atoms with Crippen LogP contribution in [0.1, 0.15) is 101 Å². The van der Waals surface area contributed by atoms with E-state index < -0.39 is 0 Å². The van der Waals surface area contributed by atoms with E-state index in [1.54, 1.807) is 0 Å². The molecule has 0 aliphatic rings. The van der Waals surface area contributed by atoms with Crippen molar-refractivity contribution in [3.63, 3.8) is 0 Å². The molecule has 2 aromatic rings. The minimum Gasteiger partial charge on any atom is -0.316 e. The standard InChI is InChI=1S/C28H43N.ClH/c1-2-3-4-5-6-7-8-9-10-11-12-19-24-29-25-28(26-20-15-13-16-21-26)27-22-17-14-18-23-27;/h13-18,20-23,28-29H,2-12,19,24-25H2,1H3;1H. The second-order valence-electron chi connectivity index (χ2n) is 8.47. The van der Waals surface area contributed by atoms with Crippen LogP contribution in [0.4, 0.5) is 0 Å². The highest BCUT2D eigenvalue weighted by atomic mass is 35.5. The summed E-state index contributed by atoms with van der Waals surface area (Å²) in [7, 11) is 0. The van der Waals surface area contributed by atoms with E-state index in [1.807, 2.05) is 0 Å². The summed E-state index contributed by atoms with van der Waals surface area (Å²) >= 11 is 0. The molecular formula is C28H44ClN. The van der Waals surface area contributed by atoms with Gasteiger partial charge in [0.25, 0.3) is 0 Å². The van der Waals surface area contributed by atoms with Crippen LogP contribution in [0.5, 0.6) is 0 Å². The Morgan fingerprint density at radius 2 is 0.967 bits per heavy atom. The van der Waals surface area contributed by atoms with Gasteiger partial charge in [-0.2, -0.15) is 0 Å². The van der Waals surface area contributed by atoms with Crippen LogP contribution in [-0.4, -0.2) is 13.1 Å². The molecule has 0 aromatic heterocycles. The van der Waals surface area contributed by atoms with Gasteiger partial charge in [-0.05, 0) is 24.1 Å². The first-order chi connectivity index (χ1) is 14.4. The molecular weight excluding hydrogens is 386 g/mol. The van der Waals surface area contributed by atoms with Gasteiger partial charge in [0, 0.05) is 12.5 Å². The van der Waals surface area contributed by atoms with Gasteiger partial charge in [-0.3, -0.25) is 0 Å². The molecule has 0 bridgehead atoms. The third-order valence-corrected chi connectivity index (χ3v) is 5.96. The lowest BCUT2D eigenvalue weighted by Crippen LogP contribution is -2.23. The van der Waals surface area contributed by atoms with E-state index in [0.29, 0.717) is 5.92 Å². The molecule has 0 radical (unpaired) electrons. The van der Waals surface area contributed by atoms with E-state index in [0.717, 1.165) is 13.1 Å². The molecule has 0 fully saturated rings. The first-order valence-electron chi connectivity index (χ1n) is 12.2. The minimum absolute atomic E-state index is 0. The summed E-state index contributed by atoms with van der Waals surface area (Å²) in [5.74, 6) is 0.440. The van der Waals surface area contributed by atoms with Crippen molar-refractivity contribution in [2.45, 2.75) is 89.9 Å². The Balaban J connectivity index is 0.00000450. The van der Waals surface area contributed by atoms with E-state index in [9.17, 15) is 0 Å².